The van der Waals surface area contributed by atoms with E-state index in [1.54, 1.807) is 13.3 Å². The van der Waals surface area contributed by atoms with Crippen molar-refractivity contribution >= 4 is 0 Å². The quantitative estimate of drug-likeness (QED) is 0.894. The van der Waals surface area contributed by atoms with Crippen LogP contribution in [0.4, 0.5) is 0 Å². The molecule has 1 unspecified atom stereocenters. The lowest BCUT2D eigenvalue weighted by molar-refractivity contribution is 0.378. The van der Waals surface area contributed by atoms with Crippen LogP contribution in [0.2, 0.25) is 0 Å². The summed E-state index contributed by atoms with van der Waals surface area (Å²) in [4.78, 5) is 4.31. The first kappa shape index (κ1) is 13.4. The first-order valence-corrected chi connectivity index (χ1v) is 6.27. The average Bonchev–Trinajstić information content (AvgIpc) is 2.48. The zero-order valence-electron chi connectivity index (χ0n) is 11.2. The van der Waals surface area contributed by atoms with Gasteiger partial charge >= 0.3 is 0 Å². The second-order valence-corrected chi connectivity index (χ2v) is 4.19. The Labute approximate surface area is 113 Å². The summed E-state index contributed by atoms with van der Waals surface area (Å²) in [7, 11) is 1.61. The number of methoxy groups -OCH3 is 1. The van der Waals surface area contributed by atoms with Crippen molar-refractivity contribution in [1.82, 2.24) is 4.98 Å². The van der Waals surface area contributed by atoms with E-state index < -0.39 is 0 Å². The fourth-order valence-electron chi connectivity index (χ4n) is 1.71. The van der Waals surface area contributed by atoms with Gasteiger partial charge in [-0.05, 0) is 30.7 Å². The van der Waals surface area contributed by atoms with E-state index >= 15 is 0 Å². The Morgan fingerprint density at radius 2 is 1.89 bits per heavy atom. The number of para-hydroxylation sites is 2. The van der Waals surface area contributed by atoms with Crippen molar-refractivity contribution in [2.45, 2.75) is 19.4 Å². The van der Waals surface area contributed by atoms with Crippen molar-refractivity contribution in [3.05, 3.63) is 48.3 Å². The molecule has 0 fully saturated rings. The minimum atomic E-state index is -0.0275. The number of nitrogens with zero attached hydrogens (tertiary/aromatic N) is 1. The molecule has 2 aromatic rings. The highest BCUT2D eigenvalue weighted by Crippen LogP contribution is 2.30. The van der Waals surface area contributed by atoms with Gasteiger partial charge < -0.3 is 15.2 Å². The average molecular weight is 258 g/mol. The number of ether oxygens (including phenoxy) is 2. The lowest BCUT2D eigenvalue weighted by Gasteiger charge is -2.11. The van der Waals surface area contributed by atoms with Gasteiger partial charge in [0, 0.05) is 6.04 Å². The SMILES string of the molecule is CCC(N)c1ccc(Oc2ccccc2OC)cn1. The van der Waals surface area contributed by atoms with E-state index in [0.29, 0.717) is 17.2 Å². The number of hydrogen-bond donors (Lipinski definition) is 1. The Hall–Kier alpha value is -2.07. The molecule has 0 radical (unpaired) electrons. The molecule has 4 nitrogen and oxygen atoms in total. The Balaban J connectivity index is 2.15. The van der Waals surface area contributed by atoms with Crippen molar-refractivity contribution in [2.24, 2.45) is 5.73 Å². The summed E-state index contributed by atoms with van der Waals surface area (Å²) in [5.41, 5.74) is 6.79. The van der Waals surface area contributed by atoms with E-state index in [4.69, 9.17) is 15.2 Å². The van der Waals surface area contributed by atoms with Gasteiger partial charge in [-0.2, -0.15) is 0 Å². The Morgan fingerprint density at radius 3 is 2.47 bits per heavy atom. The van der Waals surface area contributed by atoms with Gasteiger partial charge in [-0.25, -0.2) is 0 Å². The van der Waals surface area contributed by atoms with E-state index in [1.165, 1.54) is 0 Å². The van der Waals surface area contributed by atoms with Crippen LogP contribution in [-0.4, -0.2) is 12.1 Å². The Kier molecular flexibility index (Phi) is 4.36. The van der Waals surface area contributed by atoms with Gasteiger partial charge in [0.15, 0.2) is 11.5 Å². The summed E-state index contributed by atoms with van der Waals surface area (Å²) in [6.07, 6.45) is 2.54. The predicted molar refractivity (Wildman–Crippen MR) is 74.5 cm³/mol. The second-order valence-electron chi connectivity index (χ2n) is 4.19. The summed E-state index contributed by atoms with van der Waals surface area (Å²) in [5.74, 6) is 2.02. The normalized spacial score (nSPS) is 11.9. The zero-order chi connectivity index (χ0) is 13.7. The number of nitrogens with two attached hydrogens (primary N) is 1. The molecule has 1 aromatic carbocycles. The third-order valence-electron chi connectivity index (χ3n) is 2.88. The van der Waals surface area contributed by atoms with Gasteiger partial charge in [0.25, 0.3) is 0 Å². The molecule has 0 aliphatic heterocycles. The van der Waals surface area contributed by atoms with Gasteiger partial charge in [-0.15, -0.1) is 0 Å². The number of pyridine rings is 1. The fraction of sp³-hybridized carbons (Fsp3) is 0.267. The molecule has 1 aromatic heterocycles. The molecule has 0 amide bonds. The molecule has 0 spiro atoms. The molecule has 0 aliphatic rings. The standard InChI is InChI=1S/C15H18N2O2/c1-3-12(16)13-9-8-11(10-17-13)19-15-7-5-4-6-14(15)18-2/h4-10,12H,3,16H2,1-2H3. The Morgan fingerprint density at radius 1 is 1.16 bits per heavy atom. The molecule has 19 heavy (non-hydrogen) atoms. The van der Waals surface area contributed by atoms with E-state index in [0.717, 1.165) is 12.1 Å². The van der Waals surface area contributed by atoms with Crippen LogP contribution in [0.3, 0.4) is 0 Å². The lowest BCUT2D eigenvalue weighted by atomic mass is 10.1. The highest BCUT2D eigenvalue weighted by molar-refractivity contribution is 5.42. The summed E-state index contributed by atoms with van der Waals surface area (Å²) in [6, 6.07) is 11.2. The van der Waals surface area contributed by atoms with Gasteiger partial charge in [-0.3, -0.25) is 4.98 Å². The van der Waals surface area contributed by atoms with Crippen molar-refractivity contribution in [3.63, 3.8) is 0 Å². The summed E-state index contributed by atoms with van der Waals surface area (Å²) >= 11 is 0. The van der Waals surface area contributed by atoms with Gasteiger partial charge in [-0.1, -0.05) is 19.1 Å². The predicted octanol–water partition coefficient (Wildman–Crippen LogP) is 3.29. The van der Waals surface area contributed by atoms with E-state index in [2.05, 4.69) is 4.98 Å². The topological polar surface area (TPSA) is 57.4 Å². The Bertz CT molecular complexity index is 526. The second kappa shape index (κ2) is 6.20. The molecule has 4 heteroatoms. The fourth-order valence-corrected chi connectivity index (χ4v) is 1.71. The van der Waals surface area contributed by atoms with E-state index in [9.17, 15) is 0 Å². The summed E-state index contributed by atoms with van der Waals surface area (Å²) in [6.45, 7) is 2.03. The molecular formula is C15H18N2O2. The van der Waals surface area contributed by atoms with Crippen LogP contribution in [0.15, 0.2) is 42.6 Å². The van der Waals surface area contributed by atoms with Crippen LogP contribution in [0.5, 0.6) is 17.2 Å². The van der Waals surface area contributed by atoms with Gasteiger partial charge in [0.2, 0.25) is 0 Å². The van der Waals surface area contributed by atoms with Crippen LogP contribution < -0.4 is 15.2 Å². The van der Waals surface area contributed by atoms with Crippen LogP contribution in [0.25, 0.3) is 0 Å². The maximum atomic E-state index is 5.92. The summed E-state index contributed by atoms with van der Waals surface area (Å²) < 4.78 is 11.0. The molecule has 0 bridgehead atoms. The first-order valence-electron chi connectivity index (χ1n) is 6.27. The largest absolute Gasteiger partial charge is 0.493 e. The monoisotopic (exact) mass is 258 g/mol. The van der Waals surface area contributed by atoms with E-state index in [1.807, 2.05) is 43.3 Å². The lowest BCUT2D eigenvalue weighted by Crippen LogP contribution is -2.10. The minimum Gasteiger partial charge on any atom is -0.493 e. The van der Waals surface area contributed by atoms with E-state index in [-0.39, 0.29) is 6.04 Å². The molecule has 0 saturated heterocycles. The molecule has 2 rings (SSSR count). The van der Waals surface area contributed by atoms with Gasteiger partial charge in [0.05, 0.1) is 19.0 Å². The van der Waals surface area contributed by atoms with Gasteiger partial charge in [0.1, 0.15) is 5.75 Å². The molecule has 2 N–H and O–H groups in total. The zero-order valence-corrected chi connectivity index (χ0v) is 11.2. The van der Waals surface area contributed by atoms with Crippen molar-refractivity contribution in [3.8, 4) is 17.2 Å². The molecule has 100 valence electrons. The van der Waals surface area contributed by atoms with Crippen molar-refractivity contribution in [2.75, 3.05) is 7.11 Å². The first-order chi connectivity index (χ1) is 9.24. The summed E-state index contributed by atoms with van der Waals surface area (Å²) in [5, 5.41) is 0. The maximum absolute atomic E-state index is 5.92. The molecule has 1 atom stereocenters. The van der Waals surface area contributed by atoms with Crippen molar-refractivity contribution < 1.29 is 9.47 Å². The number of benzene rings is 1. The number of rotatable bonds is 5. The van der Waals surface area contributed by atoms with Crippen molar-refractivity contribution in [1.29, 1.82) is 0 Å². The number of hydrogen-bond acceptors (Lipinski definition) is 4. The third kappa shape index (κ3) is 3.23. The van der Waals surface area contributed by atoms with Crippen LogP contribution in [0.1, 0.15) is 25.1 Å². The molecule has 0 aliphatic carbocycles. The minimum absolute atomic E-state index is 0.0275. The smallest absolute Gasteiger partial charge is 0.169 e. The molecule has 1 heterocycles. The third-order valence-corrected chi connectivity index (χ3v) is 2.88. The number of aromatic nitrogens is 1. The van der Waals surface area contributed by atoms with Crippen LogP contribution in [0, 0.1) is 0 Å². The highest BCUT2D eigenvalue weighted by Gasteiger charge is 2.07. The molecular weight excluding hydrogens is 240 g/mol. The van der Waals surface area contributed by atoms with Crippen LogP contribution in [-0.2, 0) is 0 Å². The highest BCUT2D eigenvalue weighted by atomic mass is 16.5. The van der Waals surface area contributed by atoms with Crippen LogP contribution >= 0.6 is 0 Å². The maximum Gasteiger partial charge on any atom is 0.169 e. The molecule has 0 saturated carbocycles.